The molecule has 4 heteroatoms. The van der Waals surface area contributed by atoms with E-state index in [0.29, 0.717) is 6.42 Å². The van der Waals surface area contributed by atoms with Crippen LogP contribution in [-0.4, -0.2) is 32.5 Å². The van der Waals surface area contributed by atoms with Crippen molar-refractivity contribution in [1.29, 1.82) is 0 Å². The second-order valence-electron chi connectivity index (χ2n) is 4.36. The summed E-state index contributed by atoms with van der Waals surface area (Å²) < 4.78 is 10.2. The van der Waals surface area contributed by atoms with Gasteiger partial charge in [0.15, 0.2) is 6.29 Å². The number of amides is 1. The molecule has 1 unspecified atom stereocenters. The molecule has 0 aliphatic heterocycles. The molecule has 1 atom stereocenters. The molecule has 1 aromatic carbocycles. The predicted octanol–water partition coefficient (Wildman–Crippen LogP) is 1.66. The summed E-state index contributed by atoms with van der Waals surface area (Å²) in [6.07, 6.45) is -0.0583. The number of ether oxygens (including phenoxy) is 2. The van der Waals surface area contributed by atoms with E-state index in [-0.39, 0.29) is 11.9 Å². The number of benzene rings is 1. The molecule has 1 aromatic rings. The number of aryl methyl sites for hydroxylation is 1. The highest BCUT2D eigenvalue weighted by atomic mass is 16.7. The smallest absolute Gasteiger partial charge is 0.224 e. The van der Waals surface area contributed by atoms with Gasteiger partial charge in [-0.2, -0.15) is 0 Å². The topological polar surface area (TPSA) is 47.6 Å². The van der Waals surface area contributed by atoms with Crippen molar-refractivity contribution in [3.63, 3.8) is 0 Å². The third-order valence-corrected chi connectivity index (χ3v) is 2.75. The highest BCUT2D eigenvalue weighted by molar-refractivity contribution is 5.78. The number of hydrogen-bond donors (Lipinski definition) is 1. The number of carbonyl (C=O) groups is 1. The van der Waals surface area contributed by atoms with Crippen LogP contribution in [0.15, 0.2) is 24.3 Å². The Bertz CT molecular complexity index is 371. The normalized spacial score (nSPS) is 12.5. The van der Waals surface area contributed by atoms with Crippen molar-refractivity contribution in [2.45, 2.75) is 32.6 Å². The van der Waals surface area contributed by atoms with Crippen LogP contribution in [0.5, 0.6) is 0 Å². The van der Waals surface area contributed by atoms with Gasteiger partial charge >= 0.3 is 0 Å². The van der Waals surface area contributed by atoms with Crippen LogP contribution in [0.4, 0.5) is 0 Å². The number of carbonyl (C=O) groups excluding carboxylic acids is 1. The lowest BCUT2D eigenvalue weighted by atomic mass is 10.1. The molecular weight excluding hydrogens is 230 g/mol. The first-order valence-corrected chi connectivity index (χ1v) is 5.97. The molecular formula is C14H21NO3. The highest BCUT2D eigenvalue weighted by Gasteiger charge is 2.17. The van der Waals surface area contributed by atoms with Gasteiger partial charge in [0.05, 0.1) is 12.5 Å². The summed E-state index contributed by atoms with van der Waals surface area (Å²) in [7, 11) is 3.10. The maximum atomic E-state index is 11.8. The summed E-state index contributed by atoms with van der Waals surface area (Å²) in [6.45, 7) is 3.87. The molecule has 0 aliphatic carbocycles. The fraction of sp³-hybridized carbons (Fsp3) is 0.500. The lowest BCUT2D eigenvalue weighted by Gasteiger charge is -2.22. The maximum Gasteiger partial charge on any atom is 0.224 e. The van der Waals surface area contributed by atoms with Gasteiger partial charge in [0.25, 0.3) is 0 Å². The quantitative estimate of drug-likeness (QED) is 0.782. The lowest BCUT2D eigenvalue weighted by molar-refractivity contribution is -0.135. The van der Waals surface area contributed by atoms with Gasteiger partial charge in [-0.1, -0.05) is 29.8 Å². The Kier molecular flexibility index (Phi) is 5.82. The van der Waals surface area contributed by atoms with Crippen molar-refractivity contribution in [2.75, 3.05) is 14.2 Å². The monoisotopic (exact) mass is 251 g/mol. The van der Waals surface area contributed by atoms with Gasteiger partial charge in [0.1, 0.15) is 0 Å². The number of nitrogens with one attached hydrogen (secondary N) is 1. The molecule has 100 valence electrons. The minimum atomic E-state index is -0.424. The summed E-state index contributed by atoms with van der Waals surface area (Å²) in [6, 6.07) is 7.74. The highest BCUT2D eigenvalue weighted by Crippen LogP contribution is 2.05. The van der Waals surface area contributed by atoms with E-state index in [9.17, 15) is 4.79 Å². The van der Waals surface area contributed by atoms with E-state index in [1.54, 1.807) is 14.2 Å². The van der Waals surface area contributed by atoms with Gasteiger partial charge in [-0.15, -0.1) is 0 Å². The van der Waals surface area contributed by atoms with E-state index >= 15 is 0 Å². The number of hydrogen-bond acceptors (Lipinski definition) is 3. The van der Waals surface area contributed by atoms with Crippen LogP contribution in [-0.2, 0) is 20.7 Å². The van der Waals surface area contributed by atoms with Crippen molar-refractivity contribution in [2.24, 2.45) is 0 Å². The van der Waals surface area contributed by atoms with Crippen LogP contribution in [0.25, 0.3) is 0 Å². The molecule has 0 saturated carbocycles. The molecule has 0 aromatic heterocycles. The molecule has 0 saturated heterocycles. The van der Waals surface area contributed by atoms with Crippen LogP contribution in [0, 0.1) is 6.92 Å². The average Bonchev–Trinajstić information content (AvgIpc) is 2.33. The second-order valence-corrected chi connectivity index (χ2v) is 4.36. The molecule has 4 nitrogen and oxygen atoms in total. The van der Waals surface area contributed by atoms with Crippen LogP contribution in [0.3, 0.4) is 0 Å². The van der Waals surface area contributed by atoms with Crippen LogP contribution >= 0.6 is 0 Å². The molecule has 1 N–H and O–H groups in total. The maximum absolute atomic E-state index is 11.8. The minimum absolute atomic E-state index is 0.0366. The first-order valence-electron chi connectivity index (χ1n) is 5.97. The lowest BCUT2D eigenvalue weighted by Crippen LogP contribution is -2.43. The van der Waals surface area contributed by atoms with Crippen LogP contribution in [0.2, 0.25) is 0 Å². The first-order chi connectivity index (χ1) is 8.56. The zero-order valence-corrected chi connectivity index (χ0v) is 11.4. The summed E-state index contributed by atoms with van der Waals surface area (Å²) in [4.78, 5) is 11.8. The van der Waals surface area contributed by atoms with Gasteiger partial charge in [0.2, 0.25) is 5.91 Å². The van der Waals surface area contributed by atoms with Crippen LogP contribution in [0.1, 0.15) is 18.1 Å². The second kappa shape index (κ2) is 7.13. The van der Waals surface area contributed by atoms with Gasteiger partial charge in [-0.05, 0) is 19.4 Å². The van der Waals surface area contributed by atoms with E-state index in [2.05, 4.69) is 5.32 Å². The van der Waals surface area contributed by atoms with Crippen molar-refractivity contribution < 1.29 is 14.3 Å². The SMILES string of the molecule is COC(OC)C(C)NC(=O)Cc1ccc(C)cc1. The molecule has 0 fully saturated rings. The Balaban J connectivity index is 2.48. The Hall–Kier alpha value is -1.39. The summed E-state index contributed by atoms with van der Waals surface area (Å²) in [5.41, 5.74) is 2.18. The van der Waals surface area contributed by atoms with Crippen molar-refractivity contribution >= 4 is 5.91 Å². The van der Waals surface area contributed by atoms with Crippen molar-refractivity contribution in [3.8, 4) is 0 Å². The van der Waals surface area contributed by atoms with E-state index in [1.165, 1.54) is 5.56 Å². The average molecular weight is 251 g/mol. The van der Waals surface area contributed by atoms with E-state index in [4.69, 9.17) is 9.47 Å². The van der Waals surface area contributed by atoms with Crippen molar-refractivity contribution in [1.82, 2.24) is 5.32 Å². The third kappa shape index (κ3) is 4.47. The molecule has 0 radical (unpaired) electrons. The van der Waals surface area contributed by atoms with E-state index in [1.807, 2.05) is 38.1 Å². The zero-order valence-electron chi connectivity index (χ0n) is 11.4. The van der Waals surface area contributed by atoms with E-state index < -0.39 is 6.29 Å². The van der Waals surface area contributed by atoms with Gasteiger partial charge in [0, 0.05) is 14.2 Å². The first kappa shape index (κ1) is 14.7. The van der Waals surface area contributed by atoms with Gasteiger partial charge in [-0.25, -0.2) is 0 Å². The third-order valence-electron chi connectivity index (χ3n) is 2.75. The molecule has 0 bridgehead atoms. The summed E-state index contributed by atoms with van der Waals surface area (Å²) >= 11 is 0. The number of rotatable bonds is 6. The van der Waals surface area contributed by atoms with Crippen molar-refractivity contribution in [3.05, 3.63) is 35.4 Å². The molecule has 1 amide bonds. The number of methoxy groups -OCH3 is 2. The van der Waals surface area contributed by atoms with E-state index in [0.717, 1.165) is 5.56 Å². The Morgan fingerprint density at radius 3 is 2.28 bits per heavy atom. The van der Waals surface area contributed by atoms with Gasteiger partial charge in [-0.3, -0.25) is 4.79 Å². The predicted molar refractivity (Wildman–Crippen MR) is 70.3 cm³/mol. The fourth-order valence-electron chi connectivity index (χ4n) is 1.77. The Morgan fingerprint density at radius 1 is 1.22 bits per heavy atom. The standard InChI is InChI=1S/C14H21NO3/c1-10-5-7-12(8-6-10)9-13(16)15-11(2)14(17-3)18-4/h5-8,11,14H,9H2,1-4H3,(H,15,16). The molecule has 1 rings (SSSR count). The molecule has 18 heavy (non-hydrogen) atoms. The molecule has 0 aliphatic rings. The summed E-state index contributed by atoms with van der Waals surface area (Å²) in [5.74, 6) is -0.0366. The summed E-state index contributed by atoms with van der Waals surface area (Å²) in [5, 5.41) is 2.86. The largest absolute Gasteiger partial charge is 0.354 e. The molecule has 0 spiro atoms. The minimum Gasteiger partial charge on any atom is -0.354 e. The van der Waals surface area contributed by atoms with Crippen LogP contribution < -0.4 is 5.32 Å². The zero-order chi connectivity index (χ0) is 13.5. The fourth-order valence-corrected chi connectivity index (χ4v) is 1.77. The van der Waals surface area contributed by atoms with Gasteiger partial charge < -0.3 is 14.8 Å². The molecule has 0 heterocycles. The Labute approximate surface area is 108 Å². The Morgan fingerprint density at radius 2 is 1.78 bits per heavy atom.